The fourth-order valence-electron chi connectivity index (χ4n) is 1.52. The van der Waals surface area contributed by atoms with Crippen LogP contribution in [0.5, 0.6) is 0 Å². The molecule has 158 valence electrons. The molecule has 0 rings (SSSR count). The molecule has 0 radical (unpaired) electrons. The second kappa shape index (κ2) is 9.34. The minimum absolute atomic E-state index is 0.894. The van der Waals surface area contributed by atoms with Gasteiger partial charge in [-0.3, -0.25) is 0 Å². The molecule has 0 aromatic carbocycles. The molecule has 0 unspecified atom stereocenters. The van der Waals surface area contributed by atoms with E-state index in [1.165, 1.54) is 0 Å². The lowest BCUT2D eigenvalue weighted by Gasteiger charge is -2.32. The fraction of sp³-hybridized carbons (Fsp3) is 1.00. The highest BCUT2D eigenvalue weighted by molar-refractivity contribution is 9.12. The van der Waals surface area contributed by atoms with Crippen molar-refractivity contribution in [2.24, 2.45) is 0 Å². The molecule has 6 nitrogen and oxygen atoms in total. The molecule has 0 spiro atoms. The average molecular weight is 515 g/mol. The highest BCUT2D eigenvalue weighted by atomic mass is 33.5. The summed E-state index contributed by atoms with van der Waals surface area (Å²) in [6.07, 6.45) is 0. The van der Waals surface area contributed by atoms with E-state index in [9.17, 15) is 9.13 Å². The van der Waals surface area contributed by atoms with Crippen molar-refractivity contribution in [3.8, 4) is 0 Å². The predicted octanol–water partition coefficient (Wildman–Crippen LogP) is 7.99. The summed E-state index contributed by atoms with van der Waals surface area (Å²) >= 11 is 0. The molecule has 0 bridgehead atoms. The lowest BCUT2D eigenvalue weighted by molar-refractivity contribution is 0.403. The first-order valence-electron chi connectivity index (χ1n) is 8.44. The standard InChI is InChI=1S/C12H36O6P2S2Si4/c1-23(2,3)15-19(13,16-24(4,5)6)21-22-20(14,17-25(7,8)9)18-26(10,11)12/h1-12H3. The van der Waals surface area contributed by atoms with Crippen molar-refractivity contribution in [2.45, 2.75) is 78.6 Å². The van der Waals surface area contributed by atoms with E-state index in [4.69, 9.17) is 16.9 Å². The van der Waals surface area contributed by atoms with Gasteiger partial charge in [-0.25, -0.2) is 9.13 Å². The van der Waals surface area contributed by atoms with Crippen LogP contribution in [0.2, 0.25) is 78.6 Å². The van der Waals surface area contributed by atoms with Crippen LogP contribution in [0, 0.1) is 0 Å². The summed E-state index contributed by atoms with van der Waals surface area (Å²) in [7, 11) is -6.76. The van der Waals surface area contributed by atoms with Crippen LogP contribution < -0.4 is 0 Å². The fourth-order valence-corrected chi connectivity index (χ4v) is 32.7. The van der Waals surface area contributed by atoms with Crippen LogP contribution in [-0.4, -0.2) is 33.3 Å². The Bertz CT molecular complexity index is 476. The molecule has 0 fully saturated rings. The van der Waals surface area contributed by atoms with Crippen molar-refractivity contribution in [1.29, 1.82) is 0 Å². The highest BCUT2D eigenvalue weighted by Gasteiger charge is 2.44. The van der Waals surface area contributed by atoms with Gasteiger partial charge < -0.3 is 16.9 Å². The summed E-state index contributed by atoms with van der Waals surface area (Å²) in [6, 6.07) is 0. The topological polar surface area (TPSA) is 71.1 Å². The lowest BCUT2D eigenvalue weighted by atomic mass is 11.8. The smallest absolute Gasteiger partial charge is 0.343 e. The maximum absolute atomic E-state index is 13.4. The van der Waals surface area contributed by atoms with Gasteiger partial charge in [-0.05, 0) is 78.6 Å². The summed E-state index contributed by atoms with van der Waals surface area (Å²) < 4.78 is 50.3. The van der Waals surface area contributed by atoms with Gasteiger partial charge in [0.25, 0.3) is 0 Å². The van der Waals surface area contributed by atoms with Gasteiger partial charge in [0.1, 0.15) is 0 Å². The van der Waals surface area contributed by atoms with Gasteiger partial charge in [0, 0.05) is 20.8 Å². The summed E-state index contributed by atoms with van der Waals surface area (Å²) in [5.74, 6) is 0. The second-order valence-corrected chi connectivity index (χ2v) is 38.0. The Hall–Kier alpha value is 1.87. The number of hydrogen-bond donors (Lipinski definition) is 0. The maximum Gasteiger partial charge on any atom is 0.380 e. The molecule has 0 saturated heterocycles. The predicted molar refractivity (Wildman–Crippen MR) is 128 cm³/mol. The Morgan fingerprint density at radius 3 is 0.731 bits per heavy atom. The van der Waals surface area contributed by atoms with Crippen LogP contribution in [0.3, 0.4) is 0 Å². The summed E-state index contributed by atoms with van der Waals surface area (Å²) in [5, 5.41) is 0. The van der Waals surface area contributed by atoms with E-state index in [0.29, 0.717) is 0 Å². The summed E-state index contributed by atoms with van der Waals surface area (Å²) in [4.78, 5) is 0. The normalized spacial score (nSPS) is 15.4. The molecular weight excluding hydrogens is 479 g/mol. The average Bonchev–Trinajstić information content (AvgIpc) is 2.15. The quantitative estimate of drug-likeness (QED) is 0.156. The van der Waals surface area contributed by atoms with Crippen molar-refractivity contribution in [3.63, 3.8) is 0 Å². The minimum Gasteiger partial charge on any atom is -0.343 e. The van der Waals surface area contributed by atoms with Crippen molar-refractivity contribution in [2.75, 3.05) is 0 Å². The van der Waals surface area contributed by atoms with Crippen LogP contribution in [-0.2, 0) is 26.0 Å². The molecule has 0 aliphatic carbocycles. The third-order valence-corrected chi connectivity index (χ3v) is 24.2. The summed E-state index contributed by atoms with van der Waals surface area (Å²) in [6.45, 7) is 16.5. The first kappa shape index (κ1) is 27.9. The summed E-state index contributed by atoms with van der Waals surface area (Å²) in [5.41, 5.74) is 0. The third-order valence-electron chi connectivity index (χ3n) is 1.76. The zero-order valence-corrected chi connectivity index (χ0v) is 25.6. The van der Waals surface area contributed by atoms with Crippen molar-refractivity contribution in [1.82, 2.24) is 0 Å². The molecule has 0 saturated carbocycles. The zero-order chi connectivity index (χ0) is 21.2. The van der Waals surface area contributed by atoms with Crippen LogP contribution in [0.25, 0.3) is 0 Å². The van der Waals surface area contributed by atoms with E-state index in [1.54, 1.807) is 0 Å². The first-order valence-corrected chi connectivity index (χ1v) is 28.5. The van der Waals surface area contributed by atoms with Gasteiger partial charge in [0.05, 0.1) is 0 Å². The van der Waals surface area contributed by atoms with Gasteiger partial charge in [-0.1, -0.05) is 0 Å². The van der Waals surface area contributed by atoms with E-state index in [2.05, 4.69) is 0 Å². The molecule has 14 heteroatoms. The molecule has 0 aliphatic heterocycles. The van der Waals surface area contributed by atoms with Gasteiger partial charge in [0.2, 0.25) is 0 Å². The molecule has 0 amide bonds. The van der Waals surface area contributed by atoms with Gasteiger partial charge in [-0.2, -0.15) is 0 Å². The van der Waals surface area contributed by atoms with Crippen LogP contribution >= 0.6 is 34.4 Å². The maximum atomic E-state index is 13.4. The Morgan fingerprint density at radius 2 is 0.615 bits per heavy atom. The van der Waals surface area contributed by atoms with E-state index >= 15 is 0 Å². The zero-order valence-electron chi connectivity index (χ0n) is 18.2. The molecule has 0 heterocycles. The third kappa shape index (κ3) is 14.8. The monoisotopic (exact) mass is 514 g/mol. The van der Waals surface area contributed by atoms with E-state index < -0.39 is 46.9 Å². The lowest BCUT2D eigenvalue weighted by Crippen LogP contribution is -2.29. The molecule has 26 heavy (non-hydrogen) atoms. The van der Waals surface area contributed by atoms with Crippen molar-refractivity contribution < 1.29 is 26.0 Å². The van der Waals surface area contributed by atoms with Crippen LogP contribution in [0.15, 0.2) is 0 Å². The highest BCUT2D eigenvalue weighted by Crippen LogP contribution is 2.79. The molecule has 0 N–H and O–H groups in total. The largest absolute Gasteiger partial charge is 0.380 e. The van der Waals surface area contributed by atoms with Gasteiger partial charge >= 0.3 is 13.6 Å². The SMILES string of the molecule is C[Si](C)(C)OP(=O)(O[Si](C)(C)C)SSP(=O)(O[Si](C)(C)C)O[Si](C)(C)C. The van der Waals surface area contributed by atoms with Crippen LogP contribution in [0.1, 0.15) is 0 Å². The Morgan fingerprint density at radius 1 is 0.462 bits per heavy atom. The molecule has 0 atom stereocenters. The number of rotatable bonds is 11. The molecule has 0 aromatic rings. The molecule has 0 aliphatic rings. The van der Waals surface area contributed by atoms with Crippen molar-refractivity contribution >= 4 is 67.7 Å². The van der Waals surface area contributed by atoms with E-state index in [-0.39, 0.29) is 0 Å². The van der Waals surface area contributed by atoms with Crippen molar-refractivity contribution in [3.05, 3.63) is 0 Å². The van der Waals surface area contributed by atoms with Crippen LogP contribution in [0.4, 0.5) is 0 Å². The van der Waals surface area contributed by atoms with Gasteiger partial charge in [-0.15, -0.1) is 0 Å². The van der Waals surface area contributed by atoms with Gasteiger partial charge in [0.15, 0.2) is 33.3 Å². The first-order chi connectivity index (χ1) is 11.0. The minimum atomic E-state index is -3.49. The number of hydrogen-bond acceptors (Lipinski definition) is 8. The Kier molecular flexibility index (Phi) is 10.0. The van der Waals surface area contributed by atoms with E-state index in [0.717, 1.165) is 20.8 Å². The Balaban J connectivity index is 5.58. The molecular formula is C12H36O6P2S2Si4. The Labute approximate surface area is 171 Å². The van der Waals surface area contributed by atoms with E-state index in [1.807, 2.05) is 78.6 Å². The second-order valence-electron chi connectivity index (χ2n) is 9.86. The molecule has 0 aromatic heterocycles.